The molecule has 0 aliphatic heterocycles. The number of fused-ring (bicyclic) bond motifs is 1. The van der Waals surface area contributed by atoms with Crippen LogP contribution < -0.4 is 10.1 Å². The van der Waals surface area contributed by atoms with Gasteiger partial charge in [0.15, 0.2) is 0 Å². The van der Waals surface area contributed by atoms with Crippen molar-refractivity contribution >= 4 is 28.6 Å². The molecule has 0 radical (unpaired) electrons. The summed E-state index contributed by atoms with van der Waals surface area (Å²) in [6, 6.07) is 15.0. The number of carboxylic acid groups (broad SMARTS) is 1. The quantitative estimate of drug-likeness (QED) is 0.159. The fourth-order valence-corrected chi connectivity index (χ4v) is 5.21. The highest BCUT2D eigenvalue weighted by atomic mass is 16.5. The zero-order valence-electron chi connectivity index (χ0n) is 23.9. The fraction of sp³-hybridized carbons (Fsp3) is 0.375. The average Bonchev–Trinajstić information content (AvgIpc) is 3.56. The van der Waals surface area contributed by atoms with E-state index in [1.165, 1.54) is 0 Å². The monoisotopic (exact) mass is 558 g/mol. The summed E-state index contributed by atoms with van der Waals surface area (Å²) >= 11 is 0. The van der Waals surface area contributed by atoms with Gasteiger partial charge in [-0.1, -0.05) is 50.1 Å². The summed E-state index contributed by atoms with van der Waals surface area (Å²) in [4.78, 5) is 44.8. The molecule has 2 aromatic carbocycles. The number of H-pyrrole nitrogens is 1. The number of Topliss-reactive ketones (excluding diaryl/α,β-unsaturated/α-hetero) is 1. The number of unbranched alkanes of at least 4 members (excludes halogenated alkanes) is 2. The highest BCUT2D eigenvalue weighted by Crippen LogP contribution is 2.30. The minimum absolute atomic E-state index is 0.0792. The third-order valence-corrected chi connectivity index (χ3v) is 7.48. The van der Waals surface area contributed by atoms with E-state index >= 15 is 0 Å². The van der Waals surface area contributed by atoms with E-state index in [9.17, 15) is 19.5 Å². The van der Waals surface area contributed by atoms with Gasteiger partial charge in [-0.2, -0.15) is 0 Å². The normalized spacial score (nSPS) is 11.9. The number of methoxy groups -OCH3 is 1. The predicted molar refractivity (Wildman–Crippen MR) is 158 cm³/mol. The van der Waals surface area contributed by atoms with Crippen LogP contribution in [0.25, 0.3) is 22.2 Å². The molecule has 0 bridgehead atoms. The molecule has 2 heterocycles. The van der Waals surface area contributed by atoms with Gasteiger partial charge in [0.25, 0.3) is 0 Å². The van der Waals surface area contributed by atoms with Gasteiger partial charge in [-0.15, -0.1) is 0 Å². The number of carboxylic acids is 1. The van der Waals surface area contributed by atoms with Crippen molar-refractivity contribution in [3.05, 3.63) is 71.8 Å². The van der Waals surface area contributed by atoms with Crippen molar-refractivity contribution in [2.75, 3.05) is 7.11 Å². The van der Waals surface area contributed by atoms with Crippen molar-refractivity contribution < 1.29 is 24.2 Å². The van der Waals surface area contributed by atoms with Gasteiger partial charge in [0.05, 0.1) is 31.5 Å². The molecule has 0 aliphatic rings. The van der Waals surface area contributed by atoms with E-state index in [2.05, 4.69) is 15.3 Å². The van der Waals surface area contributed by atoms with Crippen molar-refractivity contribution in [3.63, 3.8) is 0 Å². The Morgan fingerprint density at radius 1 is 1.10 bits per heavy atom. The number of aromatic amines is 1. The number of amides is 1. The zero-order chi connectivity index (χ0) is 29.4. The number of imidazole rings is 1. The summed E-state index contributed by atoms with van der Waals surface area (Å²) in [5, 5.41) is 13.4. The van der Waals surface area contributed by atoms with Gasteiger partial charge in [0, 0.05) is 29.4 Å². The molecule has 0 spiro atoms. The number of nitrogens with one attached hydrogen (secondary N) is 2. The minimum Gasteiger partial charge on any atom is -0.497 e. The second-order valence-corrected chi connectivity index (χ2v) is 10.3. The number of benzene rings is 2. The zero-order valence-corrected chi connectivity index (χ0v) is 23.9. The summed E-state index contributed by atoms with van der Waals surface area (Å²) in [7, 11) is 1.57. The van der Waals surface area contributed by atoms with E-state index in [4.69, 9.17) is 4.74 Å². The first-order valence-electron chi connectivity index (χ1n) is 14.1. The molecule has 0 saturated carbocycles. The molecule has 0 aliphatic carbocycles. The first-order chi connectivity index (χ1) is 19.8. The first-order valence-corrected chi connectivity index (χ1v) is 14.1. The van der Waals surface area contributed by atoms with Crippen LogP contribution in [-0.4, -0.2) is 44.4 Å². The van der Waals surface area contributed by atoms with Gasteiger partial charge in [-0.3, -0.25) is 14.4 Å². The summed E-state index contributed by atoms with van der Waals surface area (Å²) in [5.41, 5.74) is 4.11. The van der Waals surface area contributed by atoms with Crippen molar-refractivity contribution in [1.29, 1.82) is 0 Å². The van der Waals surface area contributed by atoms with Crippen LogP contribution in [0.3, 0.4) is 0 Å². The largest absolute Gasteiger partial charge is 0.497 e. The molecular formula is C32H38N4O5. The molecule has 0 saturated heterocycles. The fourth-order valence-electron chi connectivity index (χ4n) is 5.21. The lowest BCUT2D eigenvalue weighted by atomic mass is 10.0. The average molecular weight is 559 g/mol. The molecule has 4 aromatic rings. The summed E-state index contributed by atoms with van der Waals surface area (Å²) < 4.78 is 7.12. The highest BCUT2D eigenvalue weighted by molar-refractivity contribution is 5.92. The van der Waals surface area contributed by atoms with Crippen LogP contribution in [-0.2, 0) is 27.3 Å². The Balaban J connectivity index is 1.55. The van der Waals surface area contributed by atoms with Crippen LogP contribution in [0.4, 0.5) is 0 Å². The van der Waals surface area contributed by atoms with Crippen LogP contribution in [0.1, 0.15) is 68.6 Å². The topological polar surface area (TPSA) is 126 Å². The molecule has 9 nitrogen and oxygen atoms in total. The Bertz CT molecular complexity index is 1510. The maximum absolute atomic E-state index is 13.5. The number of rotatable bonds is 15. The van der Waals surface area contributed by atoms with E-state index in [-0.39, 0.29) is 30.7 Å². The van der Waals surface area contributed by atoms with Crippen molar-refractivity contribution in [3.8, 4) is 17.0 Å². The van der Waals surface area contributed by atoms with Crippen LogP contribution in [0.2, 0.25) is 0 Å². The van der Waals surface area contributed by atoms with Crippen molar-refractivity contribution in [2.45, 2.75) is 71.4 Å². The lowest BCUT2D eigenvalue weighted by Crippen LogP contribution is -2.30. The molecule has 41 heavy (non-hydrogen) atoms. The lowest BCUT2D eigenvalue weighted by molar-refractivity contribution is -0.137. The number of nitrogens with zero attached hydrogens (tertiary/aromatic N) is 2. The molecule has 2 aromatic heterocycles. The van der Waals surface area contributed by atoms with Crippen molar-refractivity contribution in [1.82, 2.24) is 19.9 Å². The van der Waals surface area contributed by atoms with Crippen LogP contribution >= 0.6 is 0 Å². The highest BCUT2D eigenvalue weighted by Gasteiger charge is 2.22. The number of ketones is 1. The van der Waals surface area contributed by atoms with E-state index in [1.807, 2.05) is 56.3 Å². The second kappa shape index (κ2) is 13.8. The maximum atomic E-state index is 13.5. The SMILES string of the molecule is CCC(=O)CCCCC[C@H](NC(=O)Cc1c(C)n(CC(=O)O)c2ccc(OC)cc12)c1ncc(-c2ccccc2)[nH]1. The van der Waals surface area contributed by atoms with Gasteiger partial charge < -0.3 is 24.7 Å². The van der Waals surface area contributed by atoms with E-state index < -0.39 is 5.97 Å². The Morgan fingerprint density at radius 2 is 1.88 bits per heavy atom. The molecule has 9 heteroatoms. The Kier molecular flexibility index (Phi) is 9.95. The number of carbonyl (C=O) groups excluding carboxylic acids is 2. The Labute approximate surface area is 239 Å². The standard InChI is InChI=1S/C32H38N4O5/c1-4-23(37)13-9-6-10-14-27(32-33-19-28(35-32)22-11-7-5-8-12-22)34-30(38)18-25-21(2)36(20-31(39)40)29-16-15-24(41-3)17-26(25)29/h5,7-8,11-12,15-17,19,27H,4,6,9-10,13-14,18,20H2,1-3H3,(H,33,35)(H,34,38)(H,39,40)/t27-/m0/s1. The third kappa shape index (κ3) is 7.42. The molecule has 1 atom stereocenters. The number of aromatic nitrogens is 3. The number of ether oxygens (including phenoxy) is 1. The van der Waals surface area contributed by atoms with Crippen molar-refractivity contribution in [2.24, 2.45) is 0 Å². The molecular weight excluding hydrogens is 520 g/mol. The first kappa shape index (κ1) is 29.6. The Hall–Kier alpha value is -4.40. The van der Waals surface area contributed by atoms with Gasteiger partial charge in [-0.25, -0.2) is 4.98 Å². The molecule has 3 N–H and O–H groups in total. The summed E-state index contributed by atoms with van der Waals surface area (Å²) in [6.07, 6.45) is 6.20. The minimum atomic E-state index is -0.954. The molecule has 0 unspecified atom stereocenters. The maximum Gasteiger partial charge on any atom is 0.323 e. The van der Waals surface area contributed by atoms with Crippen LogP contribution in [0.15, 0.2) is 54.7 Å². The van der Waals surface area contributed by atoms with Gasteiger partial charge in [0.1, 0.15) is 23.9 Å². The lowest BCUT2D eigenvalue weighted by Gasteiger charge is -2.17. The van der Waals surface area contributed by atoms with E-state index in [0.29, 0.717) is 30.8 Å². The smallest absolute Gasteiger partial charge is 0.323 e. The van der Waals surface area contributed by atoms with Gasteiger partial charge >= 0.3 is 5.97 Å². The molecule has 216 valence electrons. The number of carbonyl (C=O) groups is 3. The predicted octanol–water partition coefficient (Wildman–Crippen LogP) is 5.76. The molecule has 0 fully saturated rings. The summed E-state index contributed by atoms with van der Waals surface area (Å²) in [5.74, 6) is 0.435. The van der Waals surface area contributed by atoms with Gasteiger partial charge in [0.2, 0.25) is 5.91 Å². The summed E-state index contributed by atoms with van der Waals surface area (Å²) in [6.45, 7) is 3.52. The molecule has 4 rings (SSSR count). The molecule has 1 amide bonds. The van der Waals surface area contributed by atoms with Crippen LogP contribution in [0.5, 0.6) is 5.75 Å². The van der Waals surface area contributed by atoms with Crippen LogP contribution in [0, 0.1) is 6.92 Å². The second-order valence-electron chi connectivity index (χ2n) is 10.3. The van der Waals surface area contributed by atoms with E-state index in [1.54, 1.807) is 23.9 Å². The Morgan fingerprint density at radius 3 is 2.59 bits per heavy atom. The number of aliphatic carboxylic acids is 1. The van der Waals surface area contributed by atoms with Gasteiger partial charge in [-0.05, 0) is 49.1 Å². The number of hydrogen-bond acceptors (Lipinski definition) is 5. The third-order valence-electron chi connectivity index (χ3n) is 7.48. The van der Waals surface area contributed by atoms with E-state index in [0.717, 1.165) is 52.7 Å². The number of hydrogen-bond donors (Lipinski definition) is 3.